The van der Waals surface area contributed by atoms with Crippen molar-refractivity contribution in [3.63, 3.8) is 0 Å². The van der Waals surface area contributed by atoms with E-state index in [4.69, 9.17) is 0 Å². The Balaban J connectivity index is 2.63. The molecule has 0 aliphatic heterocycles. The molecule has 1 amide bonds. The maximum atomic E-state index is 11.6. The van der Waals surface area contributed by atoms with Crippen LogP contribution in [0, 0.1) is 0 Å². The Morgan fingerprint density at radius 3 is 2.06 bits per heavy atom. The van der Waals surface area contributed by atoms with Crippen molar-refractivity contribution in [2.45, 2.75) is 26.7 Å². The molecule has 0 aliphatic carbocycles. The van der Waals surface area contributed by atoms with Crippen LogP contribution in [0.5, 0.6) is 0 Å². The third kappa shape index (κ3) is 4.59. The Morgan fingerprint density at radius 1 is 1.00 bits per heavy atom. The van der Waals surface area contributed by atoms with Crippen molar-refractivity contribution < 1.29 is 14.4 Å². The highest BCUT2D eigenvalue weighted by Gasteiger charge is 2.07. The van der Waals surface area contributed by atoms with E-state index < -0.39 is 0 Å². The smallest absolute Gasteiger partial charge is 0.221 e. The molecular formula is C13H15NO3. The summed E-state index contributed by atoms with van der Waals surface area (Å²) in [6.07, 6.45) is 0.501. The maximum absolute atomic E-state index is 11.6. The van der Waals surface area contributed by atoms with Gasteiger partial charge in [-0.15, -0.1) is 0 Å². The summed E-state index contributed by atoms with van der Waals surface area (Å²) in [6, 6.07) is 6.63. The molecule has 0 bridgehead atoms. The van der Waals surface area contributed by atoms with E-state index in [1.54, 1.807) is 24.3 Å². The van der Waals surface area contributed by atoms with Crippen molar-refractivity contribution in [2.75, 3.05) is 5.32 Å². The summed E-state index contributed by atoms with van der Waals surface area (Å²) in [5.74, 6) is -0.205. The molecule has 0 unspecified atom stereocenters. The van der Waals surface area contributed by atoms with E-state index in [0.29, 0.717) is 11.3 Å². The summed E-state index contributed by atoms with van der Waals surface area (Å²) in [4.78, 5) is 33.2. The van der Waals surface area contributed by atoms with E-state index in [-0.39, 0.29) is 30.3 Å². The van der Waals surface area contributed by atoms with Gasteiger partial charge in [-0.2, -0.15) is 0 Å². The van der Waals surface area contributed by atoms with Gasteiger partial charge in [0.15, 0.2) is 5.78 Å². The number of ketones is 2. The minimum Gasteiger partial charge on any atom is -0.326 e. The fourth-order valence-electron chi connectivity index (χ4n) is 1.38. The number of carbonyl (C=O) groups excluding carboxylic acids is 3. The fraction of sp³-hybridized carbons (Fsp3) is 0.308. The number of Topliss-reactive ketones (excluding diaryl/α,β-unsaturated/α-hetero) is 2. The van der Waals surface area contributed by atoms with Crippen LogP contribution in [0.3, 0.4) is 0 Å². The molecular weight excluding hydrogens is 218 g/mol. The Bertz CT molecular complexity index is 434. The topological polar surface area (TPSA) is 63.2 Å². The van der Waals surface area contributed by atoms with Gasteiger partial charge in [-0.1, -0.05) is 0 Å². The van der Waals surface area contributed by atoms with Crippen molar-refractivity contribution >= 4 is 23.2 Å². The van der Waals surface area contributed by atoms with Crippen LogP contribution >= 0.6 is 0 Å². The summed E-state index contributed by atoms with van der Waals surface area (Å²) in [5, 5.41) is 2.62. The molecule has 0 saturated carbocycles. The lowest BCUT2D eigenvalue weighted by molar-refractivity contribution is -0.117. The first-order valence-electron chi connectivity index (χ1n) is 5.39. The monoisotopic (exact) mass is 233 g/mol. The van der Waals surface area contributed by atoms with E-state index in [1.807, 2.05) is 0 Å². The summed E-state index contributed by atoms with van der Waals surface area (Å²) >= 11 is 0. The highest BCUT2D eigenvalue weighted by atomic mass is 16.1. The molecule has 90 valence electrons. The van der Waals surface area contributed by atoms with E-state index in [0.717, 1.165) is 0 Å². The quantitative estimate of drug-likeness (QED) is 0.793. The van der Waals surface area contributed by atoms with Gasteiger partial charge in [0.1, 0.15) is 5.78 Å². The Hall–Kier alpha value is -1.97. The van der Waals surface area contributed by atoms with Gasteiger partial charge in [0, 0.05) is 31.0 Å². The Kier molecular flexibility index (Phi) is 4.57. The summed E-state index contributed by atoms with van der Waals surface area (Å²) in [7, 11) is 0. The number of hydrogen-bond donors (Lipinski definition) is 1. The number of carbonyl (C=O) groups is 3. The molecule has 4 heteroatoms. The van der Waals surface area contributed by atoms with E-state index >= 15 is 0 Å². The maximum Gasteiger partial charge on any atom is 0.221 e. The average molecular weight is 233 g/mol. The van der Waals surface area contributed by atoms with Gasteiger partial charge in [0.25, 0.3) is 0 Å². The standard InChI is InChI=1S/C13H15NO3/c1-9(15)3-8-13(17)11-4-6-12(7-5-11)14-10(2)16/h4-7H,3,8H2,1-2H3,(H,14,16). The molecule has 0 aliphatic rings. The molecule has 0 saturated heterocycles. The van der Waals surface area contributed by atoms with Crippen molar-refractivity contribution in [3.05, 3.63) is 29.8 Å². The summed E-state index contributed by atoms with van der Waals surface area (Å²) in [6.45, 7) is 2.89. The molecule has 1 aromatic carbocycles. The minimum absolute atomic E-state index is 0.00761. The molecule has 0 aromatic heterocycles. The lowest BCUT2D eigenvalue weighted by Gasteiger charge is -2.03. The molecule has 0 atom stereocenters. The molecule has 0 spiro atoms. The summed E-state index contributed by atoms with van der Waals surface area (Å²) in [5.41, 5.74) is 1.21. The van der Waals surface area contributed by atoms with Crippen LogP contribution in [-0.2, 0) is 9.59 Å². The lowest BCUT2D eigenvalue weighted by atomic mass is 10.1. The van der Waals surface area contributed by atoms with Crippen molar-refractivity contribution in [1.29, 1.82) is 0 Å². The normalized spacial score (nSPS) is 9.76. The molecule has 4 nitrogen and oxygen atoms in total. The van der Waals surface area contributed by atoms with E-state index in [9.17, 15) is 14.4 Å². The first kappa shape index (κ1) is 13.1. The van der Waals surface area contributed by atoms with Gasteiger partial charge in [0.2, 0.25) is 5.91 Å². The number of benzene rings is 1. The van der Waals surface area contributed by atoms with Gasteiger partial charge in [-0.05, 0) is 31.2 Å². The van der Waals surface area contributed by atoms with Gasteiger partial charge in [-0.3, -0.25) is 9.59 Å². The Labute approximate surface area is 100 Å². The van der Waals surface area contributed by atoms with E-state index in [1.165, 1.54) is 13.8 Å². The second kappa shape index (κ2) is 5.94. The fourth-order valence-corrected chi connectivity index (χ4v) is 1.38. The van der Waals surface area contributed by atoms with Crippen molar-refractivity contribution in [2.24, 2.45) is 0 Å². The molecule has 0 radical (unpaired) electrons. The van der Waals surface area contributed by atoms with E-state index in [2.05, 4.69) is 5.32 Å². The average Bonchev–Trinajstić information content (AvgIpc) is 2.26. The van der Waals surface area contributed by atoms with Crippen LogP contribution in [-0.4, -0.2) is 17.5 Å². The van der Waals surface area contributed by atoms with Crippen LogP contribution in [0.15, 0.2) is 24.3 Å². The molecule has 0 fully saturated rings. The van der Waals surface area contributed by atoms with Crippen molar-refractivity contribution in [3.8, 4) is 0 Å². The molecule has 17 heavy (non-hydrogen) atoms. The van der Waals surface area contributed by atoms with Crippen LogP contribution in [0.1, 0.15) is 37.0 Å². The van der Waals surface area contributed by atoms with Crippen LogP contribution in [0.2, 0.25) is 0 Å². The predicted octanol–water partition coefficient (Wildman–Crippen LogP) is 2.20. The minimum atomic E-state index is -0.152. The number of nitrogens with one attached hydrogen (secondary N) is 1. The highest BCUT2D eigenvalue weighted by molar-refractivity contribution is 5.98. The third-order valence-corrected chi connectivity index (χ3v) is 2.23. The number of rotatable bonds is 5. The van der Waals surface area contributed by atoms with Gasteiger partial charge in [-0.25, -0.2) is 0 Å². The number of anilines is 1. The number of hydrogen-bond acceptors (Lipinski definition) is 3. The molecule has 0 heterocycles. The van der Waals surface area contributed by atoms with Gasteiger partial charge >= 0.3 is 0 Å². The SMILES string of the molecule is CC(=O)CCC(=O)c1ccc(NC(C)=O)cc1. The second-order valence-electron chi connectivity index (χ2n) is 3.88. The Morgan fingerprint density at radius 2 is 1.59 bits per heavy atom. The van der Waals surface area contributed by atoms with Crippen molar-refractivity contribution in [1.82, 2.24) is 0 Å². The molecule has 1 aromatic rings. The number of amides is 1. The summed E-state index contributed by atoms with van der Waals surface area (Å²) < 4.78 is 0. The lowest BCUT2D eigenvalue weighted by Crippen LogP contribution is -2.06. The predicted molar refractivity (Wildman–Crippen MR) is 65.0 cm³/mol. The molecule has 1 N–H and O–H groups in total. The zero-order valence-electron chi connectivity index (χ0n) is 9.95. The van der Waals surface area contributed by atoms with Crippen LogP contribution < -0.4 is 5.32 Å². The molecule has 1 rings (SSSR count). The first-order chi connectivity index (χ1) is 7.99. The van der Waals surface area contributed by atoms with Gasteiger partial charge in [0.05, 0.1) is 0 Å². The zero-order valence-corrected chi connectivity index (χ0v) is 9.95. The van der Waals surface area contributed by atoms with Gasteiger partial charge < -0.3 is 10.1 Å². The zero-order chi connectivity index (χ0) is 12.8. The third-order valence-electron chi connectivity index (χ3n) is 2.23. The van der Waals surface area contributed by atoms with Crippen LogP contribution in [0.25, 0.3) is 0 Å². The van der Waals surface area contributed by atoms with Crippen LogP contribution in [0.4, 0.5) is 5.69 Å². The largest absolute Gasteiger partial charge is 0.326 e. The first-order valence-corrected chi connectivity index (χ1v) is 5.39. The highest BCUT2D eigenvalue weighted by Crippen LogP contribution is 2.12. The second-order valence-corrected chi connectivity index (χ2v) is 3.88.